The second-order valence-corrected chi connectivity index (χ2v) is 9.26. The molecule has 1 fully saturated rings. The minimum Gasteiger partial charge on any atom is -0.482 e. The number of nitrogens with zero attached hydrogens (tertiary/aromatic N) is 3. The quantitative estimate of drug-likeness (QED) is 0.604. The van der Waals surface area contributed by atoms with Crippen LogP contribution in [0.5, 0.6) is 5.75 Å². The van der Waals surface area contributed by atoms with E-state index < -0.39 is 0 Å². The van der Waals surface area contributed by atoms with Crippen LogP contribution >= 0.6 is 23.2 Å². The molecule has 1 saturated heterocycles. The van der Waals surface area contributed by atoms with E-state index in [1.165, 1.54) is 17.7 Å². The molecule has 0 aliphatic carbocycles. The predicted molar refractivity (Wildman–Crippen MR) is 130 cm³/mol. The van der Waals surface area contributed by atoms with Crippen LogP contribution in [-0.4, -0.2) is 69.3 Å². The summed E-state index contributed by atoms with van der Waals surface area (Å²) < 4.78 is 5.50. The molecule has 0 bridgehead atoms. The molecule has 4 rings (SSSR count). The summed E-state index contributed by atoms with van der Waals surface area (Å²) >= 11 is 12.3. The molecular weight excluding hydrogens is 448 g/mol. The van der Waals surface area contributed by atoms with E-state index in [0.717, 1.165) is 30.7 Å². The number of rotatable bonds is 6. The van der Waals surface area contributed by atoms with E-state index in [1.807, 2.05) is 13.1 Å². The van der Waals surface area contributed by atoms with Gasteiger partial charge in [0, 0.05) is 19.7 Å². The Labute approximate surface area is 199 Å². The highest BCUT2D eigenvalue weighted by atomic mass is 35.5. The molecule has 2 aliphatic heterocycles. The molecule has 1 unspecified atom stereocenters. The Kier molecular flexibility index (Phi) is 6.98. The van der Waals surface area contributed by atoms with Crippen molar-refractivity contribution in [2.45, 2.75) is 18.9 Å². The number of carbonyl (C=O) groups is 2. The maximum Gasteiger partial charge on any atom is 0.265 e. The zero-order valence-corrected chi connectivity index (χ0v) is 19.8. The number of likely N-dealkylation sites (N-methyl/N-ethyl adjacent to an activating group) is 1. The van der Waals surface area contributed by atoms with Crippen molar-refractivity contribution in [2.75, 3.05) is 44.7 Å². The summed E-state index contributed by atoms with van der Waals surface area (Å²) in [7, 11) is 3.86. The third-order valence-electron chi connectivity index (χ3n) is 6.16. The summed E-state index contributed by atoms with van der Waals surface area (Å²) in [5.41, 5.74) is 2.71. The molecule has 1 atom stereocenters. The maximum absolute atomic E-state index is 13.4. The summed E-state index contributed by atoms with van der Waals surface area (Å²) in [4.78, 5) is 31.6. The lowest BCUT2D eigenvalue weighted by Gasteiger charge is -2.35. The number of likely N-dealkylation sites (tertiary alicyclic amines) is 1. The highest BCUT2D eigenvalue weighted by Gasteiger charge is 2.32. The van der Waals surface area contributed by atoms with Gasteiger partial charge in [0.1, 0.15) is 20.1 Å². The van der Waals surface area contributed by atoms with E-state index in [9.17, 15) is 9.59 Å². The Morgan fingerprint density at radius 2 is 1.91 bits per heavy atom. The zero-order chi connectivity index (χ0) is 22.8. The summed E-state index contributed by atoms with van der Waals surface area (Å²) in [5.74, 6) is 0.00835. The number of hydrogen-bond acceptors (Lipinski definition) is 4. The number of fused-ring (bicyclic) bond motifs is 1. The van der Waals surface area contributed by atoms with Gasteiger partial charge in [-0.2, -0.15) is 0 Å². The first kappa shape index (κ1) is 23.0. The fourth-order valence-electron chi connectivity index (χ4n) is 4.33. The number of anilines is 1. The van der Waals surface area contributed by atoms with Crippen LogP contribution in [0.15, 0.2) is 36.4 Å². The van der Waals surface area contributed by atoms with Crippen LogP contribution in [0.3, 0.4) is 0 Å². The Bertz CT molecular complexity index is 1030. The molecule has 0 aromatic heterocycles. The lowest BCUT2D eigenvalue weighted by molar-refractivity contribution is -0.133. The Morgan fingerprint density at radius 1 is 1.19 bits per heavy atom. The topological polar surface area (TPSA) is 53.1 Å². The van der Waals surface area contributed by atoms with E-state index in [2.05, 4.69) is 30.9 Å². The van der Waals surface area contributed by atoms with Gasteiger partial charge >= 0.3 is 0 Å². The fourth-order valence-corrected chi connectivity index (χ4v) is 4.64. The molecular formula is C23H26BCl2N3O3. The number of halogens is 2. The van der Waals surface area contributed by atoms with Crippen molar-refractivity contribution < 1.29 is 14.3 Å². The van der Waals surface area contributed by atoms with E-state index >= 15 is 0 Å². The third kappa shape index (κ3) is 4.90. The first-order valence-corrected chi connectivity index (χ1v) is 11.6. The smallest absolute Gasteiger partial charge is 0.265 e. The van der Waals surface area contributed by atoms with Crippen molar-refractivity contribution in [3.05, 3.63) is 52.0 Å². The second-order valence-electron chi connectivity index (χ2n) is 8.44. The van der Waals surface area contributed by atoms with Crippen molar-refractivity contribution in [2.24, 2.45) is 0 Å². The molecule has 2 amide bonds. The van der Waals surface area contributed by atoms with Crippen LogP contribution in [0.1, 0.15) is 24.4 Å². The van der Waals surface area contributed by atoms with E-state index in [-0.39, 0.29) is 31.0 Å². The molecule has 0 spiro atoms. The van der Waals surface area contributed by atoms with Gasteiger partial charge in [0.15, 0.2) is 6.61 Å². The molecule has 0 saturated carbocycles. The van der Waals surface area contributed by atoms with Crippen LogP contribution in [0, 0.1) is 0 Å². The molecule has 168 valence electrons. The Hall–Kier alpha value is -2.22. The molecule has 2 heterocycles. The van der Waals surface area contributed by atoms with Gasteiger partial charge in [-0.1, -0.05) is 52.9 Å². The van der Waals surface area contributed by atoms with Gasteiger partial charge < -0.3 is 14.5 Å². The first-order valence-electron chi connectivity index (χ1n) is 10.8. The van der Waals surface area contributed by atoms with E-state index in [4.69, 9.17) is 27.9 Å². The van der Waals surface area contributed by atoms with E-state index in [1.54, 1.807) is 17.0 Å². The van der Waals surface area contributed by atoms with Gasteiger partial charge in [0.05, 0.1) is 21.8 Å². The molecule has 2 aromatic rings. The van der Waals surface area contributed by atoms with Crippen molar-refractivity contribution >= 4 is 54.0 Å². The van der Waals surface area contributed by atoms with Gasteiger partial charge in [-0.3, -0.25) is 14.5 Å². The predicted octanol–water partition coefficient (Wildman–Crippen LogP) is 2.27. The maximum atomic E-state index is 13.4. The molecule has 9 heteroatoms. The molecule has 6 nitrogen and oxygen atoms in total. The summed E-state index contributed by atoms with van der Waals surface area (Å²) in [5, 5.41) is 0.648. The van der Waals surface area contributed by atoms with Gasteiger partial charge in [-0.25, -0.2) is 0 Å². The summed E-state index contributed by atoms with van der Waals surface area (Å²) in [6, 6.07) is 11.3. The normalized spacial score (nSPS) is 17.1. The minimum atomic E-state index is -0.288. The molecule has 2 aliphatic rings. The third-order valence-corrected chi connectivity index (χ3v) is 6.88. The standard InChI is InChI=1S/C23H26BCl2N3O3/c1-27(20(12-28-7-2-3-8-28)15-5-4-6-16(24)9-15)22(30)13-29-19-10-17(25)18(26)11-21(19)32-14-23(29)31/h4-6,9-11,20H,2-3,7-8,12-14,24H2,1H3. The van der Waals surface area contributed by atoms with Crippen LogP contribution in [0.4, 0.5) is 5.69 Å². The van der Waals surface area contributed by atoms with Crippen molar-refractivity contribution in [1.82, 2.24) is 9.80 Å². The van der Waals surface area contributed by atoms with Gasteiger partial charge in [-0.15, -0.1) is 0 Å². The highest BCUT2D eigenvalue weighted by Crippen LogP contribution is 2.39. The number of carbonyl (C=O) groups excluding carboxylic acids is 2. The van der Waals surface area contributed by atoms with Gasteiger partial charge in [0.2, 0.25) is 5.91 Å². The second kappa shape index (κ2) is 9.73. The molecule has 0 radical (unpaired) electrons. The zero-order valence-electron chi connectivity index (χ0n) is 18.3. The first-order chi connectivity index (χ1) is 15.3. The Balaban J connectivity index is 1.58. The lowest BCUT2D eigenvalue weighted by atomic mass is 9.92. The van der Waals surface area contributed by atoms with Crippen molar-refractivity contribution in [3.8, 4) is 5.75 Å². The summed E-state index contributed by atoms with van der Waals surface area (Å²) in [6.45, 7) is 2.61. The van der Waals surface area contributed by atoms with Crippen molar-refractivity contribution in [1.29, 1.82) is 0 Å². The number of benzene rings is 2. The van der Waals surface area contributed by atoms with Crippen LogP contribution in [0.2, 0.25) is 10.0 Å². The summed E-state index contributed by atoms with van der Waals surface area (Å²) in [6.07, 6.45) is 2.36. The van der Waals surface area contributed by atoms with Gasteiger partial charge in [0.25, 0.3) is 5.91 Å². The lowest BCUT2D eigenvalue weighted by Crippen LogP contribution is -2.47. The molecule has 2 aromatic carbocycles. The van der Waals surface area contributed by atoms with Crippen LogP contribution < -0.4 is 15.1 Å². The monoisotopic (exact) mass is 473 g/mol. The number of hydrogen-bond donors (Lipinski definition) is 0. The van der Waals surface area contributed by atoms with Crippen LogP contribution in [-0.2, 0) is 9.59 Å². The van der Waals surface area contributed by atoms with Crippen LogP contribution in [0.25, 0.3) is 0 Å². The average molecular weight is 474 g/mol. The van der Waals surface area contributed by atoms with Crippen molar-refractivity contribution in [3.63, 3.8) is 0 Å². The van der Waals surface area contributed by atoms with Gasteiger partial charge in [-0.05, 0) is 37.6 Å². The largest absolute Gasteiger partial charge is 0.482 e. The molecule has 32 heavy (non-hydrogen) atoms. The highest BCUT2D eigenvalue weighted by molar-refractivity contribution is 6.42. The fraction of sp³-hybridized carbons (Fsp3) is 0.391. The Morgan fingerprint density at radius 3 is 2.62 bits per heavy atom. The number of amides is 2. The molecule has 0 N–H and O–H groups in total. The average Bonchev–Trinajstić information content (AvgIpc) is 3.28. The SMILES string of the molecule is Bc1cccc(C(CN2CCCC2)N(C)C(=O)CN2C(=O)COc3cc(Cl)c(Cl)cc32)c1. The minimum absolute atomic E-state index is 0.0913. The van der Waals surface area contributed by atoms with E-state index in [0.29, 0.717) is 21.5 Å². The number of ether oxygens (including phenoxy) is 1.